The van der Waals surface area contributed by atoms with Gasteiger partial charge in [-0.2, -0.15) is 0 Å². The molecule has 0 fully saturated rings. The number of amides is 1. The van der Waals surface area contributed by atoms with Crippen LogP contribution in [0, 0.1) is 5.82 Å². The second-order valence-corrected chi connectivity index (χ2v) is 6.10. The smallest absolute Gasteiger partial charge is 0.254 e. The van der Waals surface area contributed by atoms with Crippen molar-refractivity contribution in [3.05, 3.63) is 68.9 Å². The SMILES string of the molecule is CC(Cc1cccc(Cl)c1)NC(=O)c1cccc(Br)c1F. The van der Waals surface area contributed by atoms with Crippen molar-refractivity contribution >= 4 is 33.4 Å². The van der Waals surface area contributed by atoms with Crippen LogP contribution in [-0.4, -0.2) is 11.9 Å². The fraction of sp³-hybridized carbons (Fsp3) is 0.188. The van der Waals surface area contributed by atoms with Crippen molar-refractivity contribution in [1.82, 2.24) is 5.32 Å². The van der Waals surface area contributed by atoms with E-state index in [0.29, 0.717) is 11.4 Å². The molecule has 110 valence electrons. The first-order valence-corrected chi connectivity index (χ1v) is 7.64. The molecule has 0 aliphatic carbocycles. The summed E-state index contributed by atoms with van der Waals surface area (Å²) >= 11 is 9.00. The molecule has 0 saturated carbocycles. The van der Waals surface area contributed by atoms with E-state index in [4.69, 9.17) is 11.6 Å². The minimum absolute atomic E-state index is 0.0299. The van der Waals surface area contributed by atoms with Crippen LogP contribution in [-0.2, 0) is 6.42 Å². The summed E-state index contributed by atoms with van der Waals surface area (Å²) in [7, 11) is 0. The Morgan fingerprint density at radius 2 is 2.05 bits per heavy atom. The molecule has 1 N–H and O–H groups in total. The second-order valence-electron chi connectivity index (χ2n) is 4.81. The number of hydrogen-bond donors (Lipinski definition) is 1. The number of rotatable bonds is 4. The van der Waals surface area contributed by atoms with Crippen molar-refractivity contribution in [3.8, 4) is 0 Å². The van der Waals surface area contributed by atoms with Crippen molar-refractivity contribution in [1.29, 1.82) is 0 Å². The third kappa shape index (κ3) is 4.29. The highest BCUT2D eigenvalue weighted by Gasteiger charge is 2.16. The molecule has 0 radical (unpaired) electrons. The molecule has 0 spiro atoms. The van der Waals surface area contributed by atoms with Gasteiger partial charge in [-0.1, -0.05) is 29.8 Å². The first-order valence-electron chi connectivity index (χ1n) is 6.46. The molecule has 2 rings (SSSR count). The highest BCUT2D eigenvalue weighted by molar-refractivity contribution is 9.10. The standard InChI is InChI=1S/C16H14BrClFNO/c1-10(8-11-4-2-5-12(18)9-11)20-16(21)13-6-3-7-14(17)15(13)19/h2-7,9-10H,8H2,1H3,(H,20,21). The van der Waals surface area contributed by atoms with Gasteiger partial charge in [-0.25, -0.2) is 4.39 Å². The molecule has 1 unspecified atom stereocenters. The molecule has 2 nitrogen and oxygen atoms in total. The fourth-order valence-electron chi connectivity index (χ4n) is 2.05. The van der Waals surface area contributed by atoms with Crippen molar-refractivity contribution < 1.29 is 9.18 Å². The maximum Gasteiger partial charge on any atom is 0.254 e. The zero-order valence-corrected chi connectivity index (χ0v) is 13.7. The van der Waals surface area contributed by atoms with E-state index in [1.807, 2.05) is 25.1 Å². The third-order valence-electron chi connectivity index (χ3n) is 3.00. The van der Waals surface area contributed by atoms with Crippen molar-refractivity contribution in [2.24, 2.45) is 0 Å². The van der Waals surface area contributed by atoms with Crippen LogP contribution in [0.5, 0.6) is 0 Å². The lowest BCUT2D eigenvalue weighted by Gasteiger charge is -2.14. The van der Waals surface area contributed by atoms with Crippen LogP contribution in [0.1, 0.15) is 22.8 Å². The third-order valence-corrected chi connectivity index (χ3v) is 3.85. The zero-order valence-electron chi connectivity index (χ0n) is 11.4. The Balaban J connectivity index is 2.04. The van der Waals surface area contributed by atoms with Crippen LogP contribution >= 0.6 is 27.5 Å². The molecule has 2 aromatic carbocycles. The Morgan fingerprint density at radius 3 is 2.76 bits per heavy atom. The van der Waals surface area contributed by atoms with Crippen LogP contribution in [0.2, 0.25) is 5.02 Å². The summed E-state index contributed by atoms with van der Waals surface area (Å²) in [5.41, 5.74) is 1.05. The van der Waals surface area contributed by atoms with Gasteiger partial charge < -0.3 is 5.32 Å². The lowest BCUT2D eigenvalue weighted by molar-refractivity contribution is 0.0936. The number of benzene rings is 2. The second kappa shape index (κ2) is 7.05. The first kappa shape index (κ1) is 16.0. The average molecular weight is 371 g/mol. The summed E-state index contributed by atoms with van der Waals surface area (Å²) in [5, 5.41) is 3.45. The maximum atomic E-state index is 13.9. The summed E-state index contributed by atoms with van der Waals surface area (Å²) in [6.07, 6.45) is 0.627. The quantitative estimate of drug-likeness (QED) is 0.837. The van der Waals surface area contributed by atoms with Crippen molar-refractivity contribution in [3.63, 3.8) is 0 Å². The van der Waals surface area contributed by atoms with Gasteiger partial charge in [-0.15, -0.1) is 0 Å². The van der Waals surface area contributed by atoms with Gasteiger partial charge in [-0.05, 0) is 59.1 Å². The molecule has 2 aromatic rings. The first-order chi connectivity index (χ1) is 9.97. The van der Waals surface area contributed by atoms with Gasteiger partial charge >= 0.3 is 0 Å². The Kier molecular flexibility index (Phi) is 5.37. The Hall–Kier alpha value is -1.39. The van der Waals surface area contributed by atoms with E-state index >= 15 is 0 Å². The van der Waals surface area contributed by atoms with Gasteiger partial charge in [0, 0.05) is 11.1 Å². The predicted octanol–water partition coefficient (Wildman–Crippen LogP) is 4.60. The molecule has 0 aromatic heterocycles. The van der Waals surface area contributed by atoms with Crippen molar-refractivity contribution in [2.75, 3.05) is 0 Å². The van der Waals surface area contributed by atoms with Crippen molar-refractivity contribution in [2.45, 2.75) is 19.4 Å². The maximum absolute atomic E-state index is 13.9. The number of hydrogen-bond acceptors (Lipinski definition) is 1. The van der Waals surface area contributed by atoms with E-state index in [9.17, 15) is 9.18 Å². The molecule has 0 saturated heterocycles. The van der Waals surface area contributed by atoms with Gasteiger partial charge in [-0.3, -0.25) is 4.79 Å². The summed E-state index contributed by atoms with van der Waals surface area (Å²) in [6, 6.07) is 12.0. The number of carbonyl (C=O) groups excluding carboxylic acids is 1. The molecule has 0 aliphatic heterocycles. The average Bonchev–Trinajstić information content (AvgIpc) is 2.41. The number of carbonyl (C=O) groups is 1. The Bertz CT molecular complexity index is 662. The zero-order chi connectivity index (χ0) is 15.4. The number of halogens is 3. The molecular formula is C16H14BrClFNO. The molecular weight excluding hydrogens is 357 g/mol. The van der Waals surface area contributed by atoms with Crippen LogP contribution in [0.3, 0.4) is 0 Å². The fourth-order valence-corrected chi connectivity index (χ4v) is 2.63. The minimum atomic E-state index is -0.551. The van der Waals surface area contributed by atoms with Crippen LogP contribution in [0.25, 0.3) is 0 Å². The molecule has 1 amide bonds. The molecule has 0 aliphatic rings. The summed E-state index contributed by atoms with van der Waals surface area (Å²) < 4.78 is 14.1. The van der Waals surface area contributed by atoms with E-state index in [1.165, 1.54) is 6.07 Å². The van der Waals surface area contributed by atoms with E-state index in [-0.39, 0.29) is 16.1 Å². The highest BCUT2D eigenvalue weighted by atomic mass is 79.9. The topological polar surface area (TPSA) is 29.1 Å². The monoisotopic (exact) mass is 369 g/mol. The Morgan fingerprint density at radius 1 is 1.33 bits per heavy atom. The lowest BCUT2D eigenvalue weighted by Crippen LogP contribution is -2.34. The Labute approximate surface area is 136 Å². The summed E-state index contributed by atoms with van der Waals surface area (Å²) in [4.78, 5) is 12.1. The van der Waals surface area contributed by atoms with Crippen LogP contribution in [0.4, 0.5) is 4.39 Å². The largest absolute Gasteiger partial charge is 0.349 e. The minimum Gasteiger partial charge on any atom is -0.349 e. The van der Waals surface area contributed by atoms with Crippen LogP contribution in [0.15, 0.2) is 46.9 Å². The molecule has 1 atom stereocenters. The summed E-state index contributed by atoms with van der Waals surface area (Å²) in [5.74, 6) is -0.978. The highest BCUT2D eigenvalue weighted by Crippen LogP contribution is 2.19. The van der Waals surface area contributed by atoms with E-state index in [2.05, 4.69) is 21.2 Å². The van der Waals surface area contributed by atoms with E-state index in [1.54, 1.807) is 18.2 Å². The molecule has 21 heavy (non-hydrogen) atoms. The van der Waals surface area contributed by atoms with Gasteiger partial charge in [0.2, 0.25) is 0 Å². The van der Waals surface area contributed by atoms with E-state index < -0.39 is 11.7 Å². The molecule has 5 heteroatoms. The van der Waals surface area contributed by atoms with E-state index in [0.717, 1.165) is 5.56 Å². The van der Waals surface area contributed by atoms with Gasteiger partial charge in [0.25, 0.3) is 5.91 Å². The lowest BCUT2D eigenvalue weighted by atomic mass is 10.1. The predicted molar refractivity (Wildman–Crippen MR) is 86.2 cm³/mol. The van der Waals surface area contributed by atoms with Crippen LogP contribution < -0.4 is 5.32 Å². The molecule has 0 bridgehead atoms. The summed E-state index contributed by atoms with van der Waals surface area (Å²) in [6.45, 7) is 1.87. The van der Waals surface area contributed by atoms with Gasteiger partial charge in [0.15, 0.2) is 0 Å². The van der Waals surface area contributed by atoms with Gasteiger partial charge in [0.05, 0.1) is 10.0 Å². The molecule has 0 heterocycles. The van der Waals surface area contributed by atoms with Gasteiger partial charge in [0.1, 0.15) is 5.82 Å². The normalized spacial score (nSPS) is 12.0. The number of nitrogens with one attached hydrogen (secondary N) is 1.